The van der Waals surface area contributed by atoms with E-state index in [1.165, 1.54) is 24.2 Å². The first kappa shape index (κ1) is 15.3. The van der Waals surface area contributed by atoms with Gasteiger partial charge in [-0.15, -0.1) is 0 Å². The van der Waals surface area contributed by atoms with Gasteiger partial charge in [-0.2, -0.15) is 0 Å². The summed E-state index contributed by atoms with van der Waals surface area (Å²) in [5.41, 5.74) is 4.56. The molecule has 1 aromatic carbocycles. The Balaban J connectivity index is 1.51. The van der Waals surface area contributed by atoms with Crippen LogP contribution in [0.15, 0.2) is 42.9 Å². The van der Waals surface area contributed by atoms with Gasteiger partial charge in [0.1, 0.15) is 12.0 Å². The number of likely N-dealkylation sites (N-methyl/N-ethyl adjacent to an activating group) is 1. The van der Waals surface area contributed by atoms with Gasteiger partial charge in [0.2, 0.25) is 0 Å². The fraction of sp³-hybridized carbons (Fsp3) is 0.368. The summed E-state index contributed by atoms with van der Waals surface area (Å²) in [5, 5.41) is 1.05. The first-order valence-electron chi connectivity index (χ1n) is 8.64. The number of rotatable bonds is 4. The molecule has 0 amide bonds. The molecular weight excluding hydrogens is 298 g/mol. The predicted octanol–water partition coefficient (Wildman–Crippen LogP) is 2.76. The first-order valence-corrected chi connectivity index (χ1v) is 8.64. The van der Waals surface area contributed by atoms with Crippen molar-refractivity contribution in [3.05, 3.63) is 48.4 Å². The summed E-state index contributed by atoms with van der Waals surface area (Å²) in [7, 11) is 0. The molecule has 1 N–H and O–H groups in total. The fourth-order valence-corrected chi connectivity index (χ4v) is 3.38. The zero-order valence-electron chi connectivity index (χ0n) is 14.1. The van der Waals surface area contributed by atoms with Crippen LogP contribution in [0.5, 0.6) is 0 Å². The zero-order chi connectivity index (χ0) is 16.4. The SMILES string of the molecule is CCN1CCN(Cc2cccc(-c3cc4cncnc4[nH]3)c2)CC1. The number of nitrogens with one attached hydrogen (secondary N) is 1. The minimum absolute atomic E-state index is 0.890. The van der Waals surface area contributed by atoms with Gasteiger partial charge in [-0.05, 0) is 29.8 Å². The van der Waals surface area contributed by atoms with E-state index in [1.54, 1.807) is 6.33 Å². The largest absolute Gasteiger partial charge is 0.339 e. The normalized spacial score (nSPS) is 16.7. The average molecular weight is 321 g/mol. The molecule has 1 aliphatic rings. The molecule has 0 unspecified atom stereocenters. The molecule has 4 rings (SSSR count). The molecule has 24 heavy (non-hydrogen) atoms. The van der Waals surface area contributed by atoms with Gasteiger partial charge in [-0.1, -0.05) is 25.1 Å². The van der Waals surface area contributed by atoms with Crippen molar-refractivity contribution in [1.82, 2.24) is 24.8 Å². The lowest BCUT2D eigenvalue weighted by Crippen LogP contribution is -2.45. The molecule has 3 aromatic rings. The monoisotopic (exact) mass is 321 g/mol. The quantitative estimate of drug-likeness (QED) is 0.803. The van der Waals surface area contributed by atoms with E-state index in [0.29, 0.717) is 0 Å². The van der Waals surface area contributed by atoms with E-state index >= 15 is 0 Å². The maximum Gasteiger partial charge on any atom is 0.141 e. The Bertz CT molecular complexity index is 784. The summed E-state index contributed by atoms with van der Waals surface area (Å²) in [6.07, 6.45) is 3.42. The molecule has 5 nitrogen and oxygen atoms in total. The zero-order valence-corrected chi connectivity index (χ0v) is 14.1. The van der Waals surface area contributed by atoms with Crippen LogP contribution in [0.3, 0.4) is 0 Å². The number of benzene rings is 1. The minimum Gasteiger partial charge on any atom is -0.339 e. The van der Waals surface area contributed by atoms with Crippen molar-refractivity contribution in [2.45, 2.75) is 13.5 Å². The van der Waals surface area contributed by atoms with Crippen molar-refractivity contribution < 1.29 is 0 Å². The van der Waals surface area contributed by atoms with Gasteiger partial charge in [-0.25, -0.2) is 9.97 Å². The van der Waals surface area contributed by atoms with Crippen LogP contribution in [-0.4, -0.2) is 57.5 Å². The Kier molecular flexibility index (Phi) is 4.28. The summed E-state index contributed by atoms with van der Waals surface area (Å²) in [5.74, 6) is 0. The van der Waals surface area contributed by atoms with Crippen LogP contribution in [0, 0.1) is 0 Å². The second kappa shape index (κ2) is 6.71. The van der Waals surface area contributed by atoms with Crippen LogP contribution in [-0.2, 0) is 6.54 Å². The van der Waals surface area contributed by atoms with Crippen molar-refractivity contribution in [1.29, 1.82) is 0 Å². The second-order valence-electron chi connectivity index (χ2n) is 6.42. The summed E-state index contributed by atoms with van der Waals surface area (Å²) in [4.78, 5) is 16.8. The third-order valence-corrected chi connectivity index (χ3v) is 4.85. The van der Waals surface area contributed by atoms with Crippen LogP contribution in [0.2, 0.25) is 0 Å². The molecule has 0 saturated carbocycles. The summed E-state index contributed by atoms with van der Waals surface area (Å²) >= 11 is 0. The number of hydrogen-bond donors (Lipinski definition) is 1. The molecule has 0 aliphatic carbocycles. The number of aromatic nitrogens is 3. The first-order chi connectivity index (χ1) is 11.8. The van der Waals surface area contributed by atoms with E-state index in [9.17, 15) is 0 Å². The number of nitrogens with zero attached hydrogens (tertiary/aromatic N) is 4. The highest BCUT2D eigenvalue weighted by molar-refractivity contribution is 5.82. The summed E-state index contributed by atoms with van der Waals surface area (Å²) in [6.45, 7) is 9.08. The molecule has 3 heterocycles. The van der Waals surface area contributed by atoms with Crippen LogP contribution >= 0.6 is 0 Å². The van der Waals surface area contributed by atoms with Crippen LogP contribution in [0.4, 0.5) is 0 Å². The van der Waals surface area contributed by atoms with Gasteiger partial charge in [0.15, 0.2) is 0 Å². The molecule has 2 aromatic heterocycles. The Morgan fingerprint density at radius 1 is 1.08 bits per heavy atom. The van der Waals surface area contributed by atoms with Gasteiger partial charge in [0.05, 0.1) is 0 Å². The van der Waals surface area contributed by atoms with Gasteiger partial charge in [0, 0.05) is 50.0 Å². The lowest BCUT2D eigenvalue weighted by atomic mass is 10.1. The third-order valence-electron chi connectivity index (χ3n) is 4.85. The van der Waals surface area contributed by atoms with Gasteiger partial charge < -0.3 is 9.88 Å². The van der Waals surface area contributed by atoms with Crippen molar-refractivity contribution in [2.24, 2.45) is 0 Å². The average Bonchev–Trinajstić information content (AvgIpc) is 3.07. The molecule has 1 fully saturated rings. The standard InChI is InChI=1S/C19H23N5/c1-2-23-6-8-24(9-7-23)13-15-4-3-5-16(10-15)18-11-17-12-20-14-21-19(17)22-18/h3-5,10-12,14H,2,6-9,13H2,1H3,(H,20,21,22). The Hall–Kier alpha value is -2.24. The Labute approximate surface area is 142 Å². The van der Waals surface area contributed by atoms with Crippen molar-refractivity contribution in [3.8, 4) is 11.3 Å². The van der Waals surface area contributed by atoms with E-state index in [4.69, 9.17) is 0 Å². The molecule has 124 valence electrons. The number of H-pyrrole nitrogens is 1. The smallest absolute Gasteiger partial charge is 0.141 e. The molecule has 1 saturated heterocycles. The number of piperazine rings is 1. The minimum atomic E-state index is 0.890. The summed E-state index contributed by atoms with van der Waals surface area (Å²) < 4.78 is 0. The molecule has 1 aliphatic heterocycles. The van der Waals surface area contributed by atoms with Crippen LogP contribution < -0.4 is 0 Å². The number of fused-ring (bicyclic) bond motifs is 1. The molecular formula is C19H23N5. The van der Waals surface area contributed by atoms with Gasteiger partial charge >= 0.3 is 0 Å². The highest BCUT2D eigenvalue weighted by Crippen LogP contribution is 2.24. The predicted molar refractivity (Wildman–Crippen MR) is 96.7 cm³/mol. The van der Waals surface area contributed by atoms with E-state index in [1.807, 2.05) is 6.20 Å². The molecule has 0 atom stereocenters. The molecule has 5 heteroatoms. The maximum atomic E-state index is 4.28. The molecule has 0 bridgehead atoms. The molecule has 0 radical (unpaired) electrons. The highest BCUT2D eigenvalue weighted by atomic mass is 15.3. The van der Waals surface area contributed by atoms with E-state index in [0.717, 1.165) is 42.9 Å². The van der Waals surface area contributed by atoms with E-state index in [-0.39, 0.29) is 0 Å². The Morgan fingerprint density at radius 2 is 1.92 bits per heavy atom. The highest BCUT2D eigenvalue weighted by Gasteiger charge is 2.15. The topological polar surface area (TPSA) is 48.1 Å². The van der Waals surface area contributed by atoms with Crippen molar-refractivity contribution >= 4 is 11.0 Å². The lowest BCUT2D eigenvalue weighted by Gasteiger charge is -2.34. The van der Waals surface area contributed by atoms with Crippen molar-refractivity contribution in [2.75, 3.05) is 32.7 Å². The maximum absolute atomic E-state index is 4.28. The van der Waals surface area contributed by atoms with E-state index in [2.05, 4.69) is 62.0 Å². The van der Waals surface area contributed by atoms with Gasteiger partial charge in [0.25, 0.3) is 0 Å². The number of aromatic amines is 1. The summed E-state index contributed by atoms with van der Waals surface area (Å²) in [6, 6.07) is 10.9. The van der Waals surface area contributed by atoms with E-state index < -0.39 is 0 Å². The van der Waals surface area contributed by atoms with Crippen LogP contribution in [0.25, 0.3) is 22.3 Å². The fourth-order valence-electron chi connectivity index (χ4n) is 3.38. The second-order valence-corrected chi connectivity index (χ2v) is 6.42. The Morgan fingerprint density at radius 3 is 2.71 bits per heavy atom. The van der Waals surface area contributed by atoms with Crippen LogP contribution in [0.1, 0.15) is 12.5 Å². The van der Waals surface area contributed by atoms with Crippen molar-refractivity contribution in [3.63, 3.8) is 0 Å². The number of hydrogen-bond acceptors (Lipinski definition) is 4. The third kappa shape index (κ3) is 3.18. The van der Waals surface area contributed by atoms with Gasteiger partial charge in [-0.3, -0.25) is 4.90 Å². The lowest BCUT2D eigenvalue weighted by molar-refractivity contribution is 0.132. The molecule has 0 spiro atoms.